The van der Waals surface area contributed by atoms with Crippen LogP contribution < -0.4 is 9.64 Å². The van der Waals surface area contributed by atoms with E-state index in [1.165, 1.54) is 11.3 Å². The zero-order chi connectivity index (χ0) is 22.2. The van der Waals surface area contributed by atoms with E-state index in [2.05, 4.69) is 13.8 Å². The fourth-order valence-electron chi connectivity index (χ4n) is 3.08. The molecule has 0 aliphatic rings. The monoisotopic (exact) mass is 421 g/mol. The molecular formula is C24H39NO5. The van der Waals surface area contributed by atoms with Crippen LogP contribution >= 0.6 is 0 Å². The maximum absolute atomic E-state index is 12.7. The van der Waals surface area contributed by atoms with E-state index >= 15 is 0 Å². The molecule has 0 unspecified atom stereocenters. The first-order valence-corrected chi connectivity index (χ1v) is 11.3. The Kier molecular flexibility index (Phi) is 13.6. The minimum Gasteiger partial charge on any atom is -0.491 e. The highest BCUT2D eigenvalue weighted by Gasteiger charge is 2.24. The molecule has 0 spiro atoms. The van der Waals surface area contributed by atoms with Crippen LogP contribution in [-0.2, 0) is 14.3 Å². The number of anilines is 1. The summed E-state index contributed by atoms with van der Waals surface area (Å²) in [4.78, 5) is 26.6. The summed E-state index contributed by atoms with van der Waals surface area (Å²) in [7, 11) is 1.64. The lowest BCUT2D eigenvalue weighted by atomic mass is 10.1. The first-order chi connectivity index (χ1) is 14.6. The van der Waals surface area contributed by atoms with Crippen molar-refractivity contribution in [1.29, 1.82) is 0 Å². The molecule has 170 valence electrons. The van der Waals surface area contributed by atoms with Gasteiger partial charge in [0.1, 0.15) is 18.0 Å². The van der Waals surface area contributed by atoms with Gasteiger partial charge in [0, 0.05) is 13.7 Å². The Hall–Kier alpha value is -2.08. The molecule has 0 radical (unpaired) electrons. The Morgan fingerprint density at radius 1 is 0.900 bits per heavy atom. The predicted octanol–water partition coefficient (Wildman–Crippen LogP) is 5.38. The Labute approximate surface area is 181 Å². The maximum Gasteiger partial charge on any atom is 0.340 e. The number of carbonyl (C=O) groups excluding carboxylic acids is 2. The molecule has 0 aliphatic carbocycles. The number of hydrogen-bond donors (Lipinski definition) is 0. The fourth-order valence-corrected chi connectivity index (χ4v) is 3.08. The van der Waals surface area contributed by atoms with Crippen LogP contribution in [0.25, 0.3) is 0 Å². The fraction of sp³-hybridized carbons (Fsp3) is 0.667. The first kappa shape index (κ1) is 26.0. The summed E-state index contributed by atoms with van der Waals surface area (Å²) in [6.45, 7) is 7.40. The largest absolute Gasteiger partial charge is 0.491 e. The SMILES string of the molecule is CCCCCCOCC(=O)N(C)c1c(OCCCCCC)cccc1C(=O)OCC. The van der Waals surface area contributed by atoms with Crippen molar-refractivity contribution in [3.8, 4) is 5.75 Å². The minimum atomic E-state index is -0.468. The van der Waals surface area contributed by atoms with E-state index in [1.54, 1.807) is 32.2 Å². The van der Waals surface area contributed by atoms with Gasteiger partial charge >= 0.3 is 5.97 Å². The van der Waals surface area contributed by atoms with Crippen LogP contribution in [0.3, 0.4) is 0 Å². The van der Waals surface area contributed by atoms with Gasteiger partial charge < -0.3 is 19.1 Å². The number of unbranched alkanes of at least 4 members (excludes halogenated alkanes) is 6. The van der Waals surface area contributed by atoms with E-state index in [0.29, 0.717) is 30.2 Å². The number of ether oxygens (including phenoxy) is 3. The van der Waals surface area contributed by atoms with Crippen LogP contribution in [0.4, 0.5) is 5.69 Å². The number of nitrogens with zero attached hydrogens (tertiary/aromatic N) is 1. The number of likely N-dealkylation sites (N-methyl/N-ethyl adjacent to an activating group) is 1. The highest BCUT2D eigenvalue weighted by molar-refractivity contribution is 6.04. The van der Waals surface area contributed by atoms with Gasteiger partial charge in [0.25, 0.3) is 5.91 Å². The van der Waals surface area contributed by atoms with Crippen molar-refractivity contribution >= 4 is 17.6 Å². The summed E-state index contributed by atoms with van der Waals surface area (Å²) < 4.78 is 16.7. The van der Waals surface area contributed by atoms with Gasteiger partial charge in [0.15, 0.2) is 0 Å². The second kappa shape index (κ2) is 15.7. The molecule has 0 bridgehead atoms. The number of benzene rings is 1. The zero-order valence-electron chi connectivity index (χ0n) is 19.2. The molecule has 30 heavy (non-hydrogen) atoms. The van der Waals surface area contributed by atoms with Gasteiger partial charge in [-0.15, -0.1) is 0 Å². The number of carbonyl (C=O) groups is 2. The van der Waals surface area contributed by atoms with E-state index in [1.807, 2.05) is 0 Å². The molecule has 0 saturated carbocycles. The average molecular weight is 422 g/mol. The van der Waals surface area contributed by atoms with Crippen molar-refractivity contribution in [3.63, 3.8) is 0 Å². The molecule has 1 aromatic carbocycles. The molecule has 0 N–H and O–H groups in total. The molecule has 0 fully saturated rings. The van der Waals surface area contributed by atoms with Gasteiger partial charge in [0.2, 0.25) is 0 Å². The second-order valence-corrected chi connectivity index (χ2v) is 7.35. The van der Waals surface area contributed by atoms with Gasteiger partial charge in [-0.05, 0) is 31.9 Å². The number of para-hydroxylation sites is 1. The quantitative estimate of drug-likeness (QED) is 0.265. The third-order valence-electron chi connectivity index (χ3n) is 4.83. The van der Waals surface area contributed by atoms with E-state index in [0.717, 1.165) is 44.9 Å². The molecular weight excluding hydrogens is 382 g/mol. The summed E-state index contributed by atoms with van der Waals surface area (Å²) >= 11 is 0. The van der Waals surface area contributed by atoms with Crippen molar-refractivity contribution < 1.29 is 23.8 Å². The standard InChI is InChI=1S/C24H39NO5/c1-5-8-10-12-17-28-19-22(26)25(4)23-20(24(27)29-7-3)15-14-16-21(23)30-18-13-11-9-6-2/h14-16H,5-13,17-19H2,1-4H3. The number of amides is 1. The summed E-state index contributed by atoms with van der Waals surface area (Å²) in [5.41, 5.74) is 0.757. The lowest BCUT2D eigenvalue weighted by Crippen LogP contribution is -2.32. The van der Waals surface area contributed by atoms with Gasteiger partial charge in [-0.25, -0.2) is 4.79 Å². The number of rotatable bonds is 16. The van der Waals surface area contributed by atoms with Crippen molar-refractivity contribution in [2.45, 2.75) is 72.1 Å². The number of esters is 1. The van der Waals surface area contributed by atoms with E-state index < -0.39 is 5.97 Å². The van der Waals surface area contributed by atoms with E-state index in [-0.39, 0.29) is 19.1 Å². The van der Waals surface area contributed by atoms with Gasteiger partial charge in [-0.1, -0.05) is 58.4 Å². The first-order valence-electron chi connectivity index (χ1n) is 11.3. The predicted molar refractivity (Wildman–Crippen MR) is 120 cm³/mol. The lowest BCUT2D eigenvalue weighted by molar-refractivity contribution is -0.122. The Bertz CT molecular complexity index is 632. The summed E-state index contributed by atoms with van der Waals surface area (Å²) in [6.07, 6.45) is 8.70. The van der Waals surface area contributed by atoms with Crippen molar-refractivity contribution in [2.75, 3.05) is 38.4 Å². The third-order valence-corrected chi connectivity index (χ3v) is 4.83. The minimum absolute atomic E-state index is 0.0320. The highest BCUT2D eigenvalue weighted by atomic mass is 16.5. The van der Waals surface area contributed by atoms with Crippen LogP contribution in [0.5, 0.6) is 5.75 Å². The molecule has 0 atom stereocenters. The summed E-state index contributed by atoms with van der Waals surface area (Å²) in [5.74, 6) is -0.182. The smallest absolute Gasteiger partial charge is 0.340 e. The normalized spacial score (nSPS) is 10.7. The van der Waals surface area contributed by atoms with Crippen LogP contribution in [0, 0.1) is 0 Å². The Morgan fingerprint density at radius 3 is 2.20 bits per heavy atom. The Balaban J connectivity index is 2.86. The van der Waals surface area contributed by atoms with Crippen LogP contribution in [0.2, 0.25) is 0 Å². The van der Waals surface area contributed by atoms with Crippen LogP contribution in [-0.4, -0.2) is 45.4 Å². The topological polar surface area (TPSA) is 65.1 Å². The zero-order valence-corrected chi connectivity index (χ0v) is 19.2. The summed E-state index contributed by atoms with van der Waals surface area (Å²) in [6, 6.07) is 5.19. The number of hydrogen-bond acceptors (Lipinski definition) is 5. The molecule has 0 aromatic heterocycles. The van der Waals surface area contributed by atoms with Gasteiger partial charge in [-0.2, -0.15) is 0 Å². The van der Waals surface area contributed by atoms with Gasteiger partial charge in [0.05, 0.1) is 18.8 Å². The molecule has 0 aliphatic heterocycles. The molecule has 0 heterocycles. The maximum atomic E-state index is 12.7. The molecule has 0 saturated heterocycles. The summed E-state index contributed by atoms with van der Waals surface area (Å²) in [5, 5.41) is 0. The molecule has 6 nitrogen and oxygen atoms in total. The molecule has 1 rings (SSSR count). The molecule has 1 aromatic rings. The van der Waals surface area contributed by atoms with Crippen molar-refractivity contribution in [2.24, 2.45) is 0 Å². The lowest BCUT2D eigenvalue weighted by Gasteiger charge is -2.23. The average Bonchev–Trinajstić information content (AvgIpc) is 2.75. The van der Waals surface area contributed by atoms with E-state index in [9.17, 15) is 9.59 Å². The van der Waals surface area contributed by atoms with Gasteiger partial charge in [-0.3, -0.25) is 4.79 Å². The van der Waals surface area contributed by atoms with Crippen molar-refractivity contribution in [3.05, 3.63) is 23.8 Å². The molecule has 1 amide bonds. The van der Waals surface area contributed by atoms with Crippen LogP contribution in [0.15, 0.2) is 18.2 Å². The van der Waals surface area contributed by atoms with Crippen molar-refractivity contribution in [1.82, 2.24) is 0 Å². The van der Waals surface area contributed by atoms with E-state index in [4.69, 9.17) is 14.2 Å². The van der Waals surface area contributed by atoms with Crippen LogP contribution in [0.1, 0.15) is 82.5 Å². The molecule has 6 heteroatoms. The highest BCUT2D eigenvalue weighted by Crippen LogP contribution is 2.33. The second-order valence-electron chi connectivity index (χ2n) is 7.35. The Morgan fingerprint density at radius 2 is 1.57 bits per heavy atom. The third kappa shape index (κ3) is 9.16.